The number of piperazine rings is 1. The number of carbonyl (C=O) groups is 3. The summed E-state index contributed by atoms with van der Waals surface area (Å²) in [5, 5.41) is 5.94. The van der Waals surface area contributed by atoms with Crippen LogP contribution in [-0.4, -0.2) is 66.8 Å². The van der Waals surface area contributed by atoms with Gasteiger partial charge in [-0.25, -0.2) is 0 Å². The highest BCUT2D eigenvalue weighted by Gasteiger charge is 2.24. The van der Waals surface area contributed by atoms with Gasteiger partial charge < -0.3 is 20.4 Å². The lowest BCUT2D eigenvalue weighted by Gasteiger charge is -2.32. The Morgan fingerprint density at radius 1 is 0.861 bits per heavy atom. The second kappa shape index (κ2) is 10.2. The summed E-state index contributed by atoms with van der Waals surface area (Å²) in [6.07, 6.45) is 2.05. The lowest BCUT2D eigenvalue weighted by atomic mass is 10.1. The van der Waals surface area contributed by atoms with Crippen LogP contribution in [0.5, 0.6) is 0 Å². The molecule has 3 aromatic rings. The van der Waals surface area contributed by atoms with Crippen molar-refractivity contribution in [3.8, 4) is 10.4 Å². The van der Waals surface area contributed by atoms with Gasteiger partial charge in [-0.2, -0.15) is 0 Å². The van der Waals surface area contributed by atoms with E-state index in [0.717, 1.165) is 55.0 Å². The standard InChI is InChI=1S/C28H30N4O3S/c1-18-3-4-21(26(33)29-22-9-10-22)17-23(18)30-27(34)25-12-11-24(36-25)19-5-7-20(8-6-19)28(35)32-15-13-31(2)14-16-32/h3-8,11-12,17,22H,9-10,13-16H2,1-2H3,(H,29,33)(H,30,34). The molecule has 2 fully saturated rings. The van der Waals surface area contributed by atoms with Gasteiger partial charge in [0.2, 0.25) is 0 Å². The normalized spacial score (nSPS) is 16.0. The molecule has 7 nitrogen and oxygen atoms in total. The van der Waals surface area contributed by atoms with Crippen molar-refractivity contribution in [2.45, 2.75) is 25.8 Å². The molecular formula is C28H30N4O3S. The molecule has 0 bridgehead atoms. The Morgan fingerprint density at radius 3 is 2.25 bits per heavy atom. The molecule has 186 valence electrons. The molecule has 36 heavy (non-hydrogen) atoms. The topological polar surface area (TPSA) is 81.8 Å². The molecule has 0 spiro atoms. The molecule has 0 atom stereocenters. The highest BCUT2D eigenvalue weighted by molar-refractivity contribution is 7.17. The van der Waals surface area contributed by atoms with Gasteiger partial charge in [0.05, 0.1) is 4.88 Å². The first-order chi connectivity index (χ1) is 17.4. The molecule has 1 aliphatic heterocycles. The Bertz CT molecular complexity index is 1290. The number of amides is 3. The van der Waals surface area contributed by atoms with Crippen LogP contribution in [0, 0.1) is 6.92 Å². The number of rotatable bonds is 6. The van der Waals surface area contributed by atoms with Crippen LogP contribution in [0.2, 0.25) is 0 Å². The number of aryl methyl sites for hydroxylation is 1. The van der Waals surface area contributed by atoms with Crippen molar-refractivity contribution in [3.63, 3.8) is 0 Å². The van der Waals surface area contributed by atoms with E-state index in [-0.39, 0.29) is 23.8 Å². The van der Waals surface area contributed by atoms with Gasteiger partial charge in [-0.15, -0.1) is 11.3 Å². The van der Waals surface area contributed by atoms with Gasteiger partial charge in [0.1, 0.15) is 0 Å². The smallest absolute Gasteiger partial charge is 0.265 e. The van der Waals surface area contributed by atoms with E-state index in [1.165, 1.54) is 11.3 Å². The first-order valence-corrected chi connectivity index (χ1v) is 13.1. The number of benzene rings is 2. The molecule has 1 saturated carbocycles. The van der Waals surface area contributed by atoms with E-state index in [0.29, 0.717) is 21.7 Å². The largest absolute Gasteiger partial charge is 0.349 e. The van der Waals surface area contributed by atoms with E-state index >= 15 is 0 Å². The van der Waals surface area contributed by atoms with Gasteiger partial charge in [0.15, 0.2) is 0 Å². The zero-order chi connectivity index (χ0) is 25.2. The van der Waals surface area contributed by atoms with Crippen LogP contribution in [0.3, 0.4) is 0 Å². The highest BCUT2D eigenvalue weighted by Crippen LogP contribution is 2.30. The fraction of sp³-hybridized carbons (Fsp3) is 0.321. The van der Waals surface area contributed by atoms with Crippen LogP contribution >= 0.6 is 11.3 Å². The molecule has 1 saturated heterocycles. The molecule has 3 amide bonds. The third kappa shape index (κ3) is 5.50. The number of hydrogen-bond acceptors (Lipinski definition) is 5. The highest BCUT2D eigenvalue weighted by atomic mass is 32.1. The van der Waals surface area contributed by atoms with E-state index < -0.39 is 0 Å². The van der Waals surface area contributed by atoms with E-state index in [9.17, 15) is 14.4 Å². The molecular weight excluding hydrogens is 472 g/mol. The maximum Gasteiger partial charge on any atom is 0.265 e. The molecule has 8 heteroatoms. The molecule has 2 aliphatic rings. The first kappa shape index (κ1) is 24.2. The van der Waals surface area contributed by atoms with Crippen LogP contribution in [0.4, 0.5) is 5.69 Å². The molecule has 2 heterocycles. The van der Waals surface area contributed by atoms with E-state index in [2.05, 4.69) is 22.6 Å². The van der Waals surface area contributed by atoms with Crippen LogP contribution in [0.25, 0.3) is 10.4 Å². The average Bonchev–Trinajstić information content (AvgIpc) is 3.56. The number of thiophene rings is 1. The van der Waals surface area contributed by atoms with Gasteiger partial charge in [0.25, 0.3) is 17.7 Å². The van der Waals surface area contributed by atoms with Crippen molar-refractivity contribution < 1.29 is 14.4 Å². The van der Waals surface area contributed by atoms with E-state index in [1.54, 1.807) is 18.2 Å². The Labute approximate surface area is 215 Å². The third-order valence-electron chi connectivity index (χ3n) is 6.70. The van der Waals surface area contributed by atoms with Gasteiger partial charge in [0, 0.05) is 53.9 Å². The SMILES string of the molecule is Cc1ccc(C(=O)NC2CC2)cc1NC(=O)c1ccc(-c2ccc(C(=O)N3CCN(C)CC3)cc2)s1. The van der Waals surface area contributed by atoms with Gasteiger partial charge >= 0.3 is 0 Å². The number of likely N-dealkylation sites (N-methyl/N-ethyl adjacent to an activating group) is 1. The minimum Gasteiger partial charge on any atom is -0.349 e. The van der Waals surface area contributed by atoms with Crippen molar-refractivity contribution in [3.05, 3.63) is 76.2 Å². The van der Waals surface area contributed by atoms with Crippen LogP contribution in [0.1, 0.15) is 48.8 Å². The van der Waals surface area contributed by atoms with E-state index in [1.807, 2.05) is 48.2 Å². The maximum atomic E-state index is 13.0. The maximum absolute atomic E-state index is 13.0. The Kier molecular flexibility index (Phi) is 6.89. The van der Waals surface area contributed by atoms with Crippen LogP contribution in [-0.2, 0) is 0 Å². The predicted octanol–water partition coefficient (Wildman–Crippen LogP) is 4.26. The van der Waals surface area contributed by atoms with Crippen LogP contribution in [0.15, 0.2) is 54.6 Å². The lowest BCUT2D eigenvalue weighted by Crippen LogP contribution is -2.47. The van der Waals surface area contributed by atoms with Crippen molar-refractivity contribution >= 4 is 34.7 Å². The summed E-state index contributed by atoms with van der Waals surface area (Å²) in [6.45, 7) is 5.17. The average molecular weight is 503 g/mol. The number of anilines is 1. The molecule has 0 unspecified atom stereocenters. The van der Waals surface area contributed by atoms with Crippen LogP contribution < -0.4 is 10.6 Å². The van der Waals surface area contributed by atoms with Crippen molar-refractivity contribution in [2.75, 3.05) is 38.5 Å². The number of nitrogens with zero attached hydrogens (tertiary/aromatic N) is 2. The van der Waals surface area contributed by atoms with Gasteiger partial charge in [-0.05, 0) is 74.3 Å². The summed E-state index contributed by atoms with van der Waals surface area (Å²) in [4.78, 5) is 43.8. The molecule has 2 N–H and O–H groups in total. The monoisotopic (exact) mass is 502 g/mol. The molecule has 0 radical (unpaired) electrons. The molecule has 2 aromatic carbocycles. The molecule has 1 aromatic heterocycles. The Balaban J connectivity index is 1.24. The fourth-order valence-corrected chi connectivity index (χ4v) is 5.07. The quantitative estimate of drug-likeness (QED) is 0.528. The van der Waals surface area contributed by atoms with E-state index in [4.69, 9.17) is 0 Å². The Morgan fingerprint density at radius 2 is 1.56 bits per heavy atom. The predicted molar refractivity (Wildman–Crippen MR) is 143 cm³/mol. The fourth-order valence-electron chi connectivity index (χ4n) is 4.16. The number of carbonyl (C=O) groups excluding carboxylic acids is 3. The first-order valence-electron chi connectivity index (χ1n) is 12.3. The minimum absolute atomic E-state index is 0.0595. The van der Waals surface area contributed by atoms with Crippen molar-refractivity contribution in [1.29, 1.82) is 0 Å². The van der Waals surface area contributed by atoms with Gasteiger partial charge in [-0.3, -0.25) is 14.4 Å². The second-order valence-corrected chi connectivity index (χ2v) is 10.7. The minimum atomic E-state index is -0.212. The van der Waals surface area contributed by atoms with Crippen molar-refractivity contribution in [1.82, 2.24) is 15.1 Å². The number of hydrogen-bond donors (Lipinski definition) is 2. The summed E-state index contributed by atoms with van der Waals surface area (Å²) in [5.74, 6) is -0.263. The zero-order valence-corrected chi connectivity index (χ0v) is 21.4. The Hall–Kier alpha value is -3.49. The third-order valence-corrected chi connectivity index (χ3v) is 7.83. The van der Waals surface area contributed by atoms with Crippen molar-refractivity contribution in [2.24, 2.45) is 0 Å². The number of nitrogens with one attached hydrogen (secondary N) is 2. The zero-order valence-electron chi connectivity index (χ0n) is 20.5. The molecule has 1 aliphatic carbocycles. The molecule has 5 rings (SSSR count). The summed E-state index contributed by atoms with van der Waals surface area (Å²) in [7, 11) is 2.07. The summed E-state index contributed by atoms with van der Waals surface area (Å²) >= 11 is 1.40. The summed E-state index contributed by atoms with van der Waals surface area (Å²) < 4.78 is 0. The lowest BCUT2D eigenvalue weighted by molar-refractivity contribution is 0.0664. The summed E-state index contributed by atoms with van der Waals surface area (Å²) in [5.41, 5.74) is 3.71. The second-order valence-electron chi connectivity index (χ2n) is 9.57. The van der Waals surface area contributed by atoms with Gasteiger partial charge in [-0.1, -0.05) is 18.2 Å². The summed E-state index contributed by atoms with van der Waals surface area (Å²) in [6, 6.07) is 16.9.